The summed E-state index contributed by atoms with van der Waals surface area (Å²) in [6.07, 6.45) is 0. The van der Waals surface area contributed by atoms with Crippen LogP contribution in [0, 0.1) is 17.2 Å². The van der Waals surface area contributed by atoms with Crippen molar-refractivity contribution in [3.8, 4) is 6.07 Å². The molecule has 0 saturated heterocycles. The van der Waals surface area contributed by atoms with Crippen molar-refractivity contribution >= 4 is 38.9 Å². The van der Waals surface area contributed by atoms with Gasteiger partial charge in [0, 0.05) is 11.6 Å². The Bertz CT molecular complexity index is 567. The Hall–Kier alpha value is -0.960. The number of nitriles is 1. The molecule has 0 heterocycles. The second kappa shape index (κ2) is 6.28. The lowest BCUT2D eigenvalue weighted by atomic mass is 10.2. The van der Waals surface area contributed by atoms with Crippen molar-refractivity contribution in [1.82, 2.24) is 0 Å². The Labute approximate surface area is 117 Å². The van der Waals surface area contributed by atoms with Crippen molar-refractivity contribution in [2.75, 3.05) is 16.4 Å². The van der Waals surface area contributed by atoms with Gasteiger partial charge in [-0.1, -0.05) is 18.5 Å². The average molecular weight is 307 g/mol. The molecular formula is C11H12Cl2N2O2S. The van der Waals surface area contributed by atoms with Crippen LogP contribution in [0.5, 0.6) is 0 Å². The molecule has 0 aliphatic heterocycles. The molecule has 1 unspecified atom stereocenters. The number of halogens is 2. The number of rotatable bonds is 5. The van der Waals surface area contributed by atoms with Gasteiger partial charge < -0.3 is 0 Å². The summed E-state index contributed by atoms with van der Waals surface area (Å²) in [5.74, 6) is 0.0540. The summed E-state index contributed by atoms with van der Waals surface area (Å²) in [7, 11) is -3.47. The molecule has 98 valence electrons. The van der Waals surface area contributed by atoms with Crippen LogP contribution in [0.25, 0.3) is 0 Å². The van der Waals surface area contributed by atoms with E-state index in [2.05, 4.69) is 4.72 Å². The molecule has 0 aliphatic carbocycles. The van der Waals surface area contributed by atoms with Gasteiger partial charge in [-0.05, 0) is 24.1 Å². The minimum atomic E-state index is -3.47. The number of benzene rings is 1. The lowest BCUT2D eigenvalue weighted by Crippen LogP contribution is -2.22. The molecule has 0 radical (unpaired) electrons. The van der Waals surface area contributed by atoms with Gasteiger partial charge in [-0.15, -0.1) is 11.6 Å². The molecule has 7 heteroatoms. The highest BCUT2D eigenvalue weighted by molar-refractivity contribution is 7.92. The fourth-order valence-electron chi connectivity index (χ4n) is 1.31. The summed E-state index contributed by atoms with van der Waals surface area (Å²) in [6.45, 7) is 1.74. The Balaban J connectivity index is 2.88. The molecule has 1 atom stereocenters. The third kappa shape index (κ3) is 4.37. The maximum atomic E-state index is 11.8. The zero-order valence-corrected chi connectivity index (χ0v) is 12.0. The Morgan fingerprint density at radius 2 is 2.17 bits per heavy atom. The maximum absolute atomic E-state index is 11.8. The highest BCUT2D eigenvalue weighted by Gasteiger charge is 2.15. The molecule has 0 saturated carbocycles. The zero-order chi connectivity index (χ0) is 13.8. The summed E-state index contributed by atoms with van der Waals surface area (Å²) >= 11 is 11.3. The fraction of sp³-hybridized carbons (Fsp3) is 0.364. The normalized spacial score (nSPS) is 12.8. The lowest BCUT2D eigenvalue weighted by Gasteiger charge is -2.11. The monoisotopic (exact) mass is 306 g/mol. The molecule has 1 aromatic carbocycles. The Morgan fingerprint density at radius 1 is 1.50 bits per heavy atom. The van der Waals surface area contributed by atoms with Crippen LogP contribution in [0.4, 0.5) is 5.69 Å². The molecule has 18 heavy (non-hydrogen) atoms. The van der Waals surface area contributed by atoms with E-state index in [9.17, 15) is 8.42 Å². The van der Waals surface area contributed by atoms with Gasteiger partial charge in [0.25, 0.3) is 0 Å². The van der Waals surface area contributed by atoms with E-state index in [1.54, 1.807) is 6.92 Å². The summed E-state index contributed by atoms with van der Waals surface area (Å²) in [4.78, 5) is 0. The van der Waals surface area contributed by atoms with E-state index in [1.807, 2.05) is 6.07 Å². The van der Waals surface area contributed by atoms with Crippen LogP contribution in [-0.4, -0.2) is 20.1 Å². The van der Waals surface area contributed by atoms with Gasteiger partial charge >= 0.3 is 0 Å². The fourth-order valence-corrected chi connectivity index (χ4v) is 3.15. The van der Waals surface area contributed by atoms with Crippen molar-refractivity contribution in [1.29, 1.82) is 5.26 Å². The topological polar surface area (TPSA) is 70.0 Å². The molecule has 0 fully saturated rings. The number of hydrogen-bond donors (Lipinski definition) is 1. The number of hydrogen-bond acceptors (Lipinski definition) is 3. The van der Waals surface area contributed by atoms with Crippen LogP contribution in [-0.2, 0) is 10.0 Å². The van der Waals surface area contributed by atoms with E-state index in [0.29, 0.717) is 5.69 Å². The van der Waals surface area contributed by atoms with Crippen LogP contribution in [0.1, 0.15) is 12.5 Å². The zero-order valence-electron chi connectivity index (χ0n) is 9.65. The highest BCUT2D eigenvalue weighted by Crippen LogP contribution is 2.20. The van der Waals surface area contributed by atoms with Gasteiger partial charge in [0.1, 0.15) is 6.07 Å². The molecule has 1 aromatic rings. The first kappa shape index (κ1) is 15.1. The van der Waals surface area contributed by atoms with Crippen LogP contribution < -0.4 is 4.72 Å². The Morgan fingerprint density at radius 3 is 2.72 bits per heavy atom. The second-order valence-corrected chi connectivity index (χ2v) is 6.43. The minimum absolute atomic E-state index is 0.0684. The smallest absolute Gasteiger partial charge is 0.233 e. The summed E-state index contributed by atoms with van der Waals surface area (Å²) < 4.78 is 25.9. The summed E-state index contributed by atoms with van der Waals surface area (Å²) in [5.41, 5.74) is 0.542. The molecule has 0 bridgehead atoms. The maximum Gasteiger partial charge on any atom is 0.233 e. The van der Waals surface area contributed by atoms with E-state index in [-0.39, 0.29) is 28.1 Å². The van der Waals surface area contributed by atoms with E-state index in [1.165, 1.54) is 18.2 Å². The first-order valence-electron chi connectivity index (χ1n) is 5.14. The van der Waals surface area contributed by atoms with Gasteiger partial charge in [0.05, 0.1) is 16.3 Å². The van der Waals surface area contributed by atoms with Crippen molar-refractivity contribution in [3.05, 3.63) is 28.8 Å². The Kier molecular flexibility index (Phi) is 5.27. The minimum Gasteiger partial charge on any atom is -0.284 e. The quantitative estimate of drug-likeness (QED) is 0.850. The van der Waals surface area contributed by atoms with Crippen LogP contribution >= 0.6 is 23.2 Å². The van der Waals surface area contributed by atoms with Crippen molar-refractivity contribution in [2.45, 2.75) is 6.92 Å². The van der Waals surface area contributed by atoms with E-state index in [4.69, 9.17) is 28.5 Å². The predicted molar refractivity (Wildman–Crippen MR) is 73.5 cm³/mol. The van der Waals surface area contributed by atoms with Gasteiger partial charge in [0.2, 0.25) is 10.0 Å². The van der Waals surface area contributed by atoms with Crippen LogP contribution in [0.3, 0.4) is 0 Å². The number of anilines is 1. The van der Waals surface area contributed by atoms with Gasteiger partial charge in [0.15, 0.2) is 0 Å². The predicted octanol–water partition coefficient (Wildman–Crippen LogP) is 2.83. The molecule has 0 aromatic heterocycles. The standard InChI is InChI=1S/C11H12Cl2N2O2S/c1-8(5-12)7-18(16,17)15-10-2-3-11(13)9(4-10)6-14/h2-4,8,15H,5,7H2,1H3. The van der Waals surface area contributed by atoms with E-state index < -0.39 is 10.0 Å². The third-order valence-corrected chi connectivity index (χ3v) is 4.54. The molecule has 0 spiro atoms. The molecule has 4 nitrogen and oxygen atoms in total. The molecule has 0 aliphatic rings. The molecule has 0 amide bonds. The van der Waals surface area contributed by atoms with Crippen LogP contribution in [0.15, 0.2) is 18.2 Å². The van der Waals surface area contributed by atoms with Crippen molar-refractivity contribution in [3.63, 3.8) is 0 Å². The summed E-state index contributed by atoms with van der Waals surface area (Å²) in [6, 6.07) is 6.26. The van der Waals surface area contributed by atoms with Gasteiger partial charge in [-0.3, -0.25) is 4.72 Å². The first-order chi connectivity index (χ1) is 8.38. The highest BCUT2D eigenvalue weighted by atomic mass is 35.5. The SMILES string of the molecule is CC(CCl)CS(=O)(=O)Nc1ccc(Cl)c(C#N)c1. The molecular weight excluding hydrogens is 295 g/mol. The number of sulfonamides is 1. The van der Waals surface area contributed by atoms with Gasteiger partial charge in [-0.25, -0.2) is 8.42 Å². The molecule has 1 N–H and O–H groups in total. The third-order valence-electron chi connectivity index (χ3n) is 2.13. The largest absolute Gasteiger partial charge is 0.284 e. The first-order valence-corrected chi connectivity index (χ1v) is 7.70. The van der Waals surface area contributed by atoms with Crippen LogP contribution in [0.2, 0.25) is 5.02 Å². The summed E-state index contributed by atoms with van der Waals surface area (Å²) in [5, 5.41) is 9.08. The number of nitrogens with one attached hydrogen (secondary N) is 1. The van der Waals surface area contributed by atoms with E-state index in [0.717, 1.165) is 0 Å². The van der Waals surface area contributed by atoms with Gasteiger partial charge in [-0.2, -0.15) is 5.26 Å². The van der Waals surface area contributed by atoms with Crippen molar-refractivity contribution < 1.29 is 8.42 Å². The number of nitrogens with zero attached hydrogens (tertiary/aromatic N) is 1. The number of alkyl halides is 1. The lowest BCUT2D eigenvalue weighted by molar-refractivity contribution is 0.588. The average Bonchev–Trinajstić information content (AvgIpc) is 2.30. The van der Waals surface area contributed by atoms with E-state index >= 15 is 0 Å². The molecule has 1 rings (SSSR count). The van der Waals surface area contributed by atoms with Crippen molar-refractivity contribution in [2.24, 2.45) is 5.92 Å². The second-order valence-electron chi connectivity index (χ2n) is 3.95.